The van der Waals surface area contributed by atoms with Gasteiger partial charge in [-0.15, -0.1) is 0 Å². The largest absolute Gasteiger partial charge is 0.373 e. The Labute approximate surface area is 128 Å². The maximum Gasteiger partial charge on any atom is 0.292 e. The smallest absolute Gasteiger partial charge is 0.292 e. The van der Waals surface area contributed by atoms with Gasteiger partial charge in [-0.1, -0.05) is 35.4 Å². The Morgan fingerprint density at radius 3 is 2.52 bits per heavy atom. The van der Waals surface area contributed by atoms with Gasteiger partial charge in [0.1, 0.15) is 5.69 Å². The Hall–Kier alpha value is -2.07. The van der Waals surface area contributed by atoms with Gasteiger partial charge < -0.3 is 5.32 Å². The standard InChI is InChI=1S/C16H17ClN2O2/c1-10-4-6-14(11(2)8-10)12(3)18-15-9-13(17)5-7-16(15)19(20)21/h4-9,12,18H,1-3H3. The van der Waals surface area contributed by atoms with Gasteiger partial charge in [0.2, 0.25) is 0 Å². The maximum absolute atomic E-state index is 11.1. The summed E-state index contributed by atoms with van der Waals surface area (Å²) in [7, 11) is 0. The van der Waals surface area contributed by atoms with Crippen LogP contribution in [0.5, 0.6) is 0 Å². The number of nitrogens with one attached hydrogen (secondary N) is 1. The second-order valence-corrected chi connectivity index (χ2v) is 5.58. The number of nitrogens with zero attached hydrogens (tertiary/aromatic N) is 1. The highest BCUT2D eigenvalue weighted by molar-refractivity contribution is 6.31. The van der Waals surface area contributed by atoms with Crippen LogP contribution in [-0.2, 0) is 0 Å². The normalized spacial score (nSPS) is 12.0. The fraction of sp³-hybridized carbons (Fsp3) is 0.250. The number of halogens is 1. The van der Waals surface area contributed by atoms with E-state index in [1.807, 2.05) is 32.9 Å². The molecule has 0 heterocycles. The molecule has 0 amide bonds. The highest BCUT2D eigenvalue weighted by atomic mass is 35.5. The molecule has 1 atom stereocenters. The summed E-state index contributed by atoms with van der Waals surface area (Å²) < 4.78 is 0. The summed E-state index contributed by atoms with van der Waals surface area (Å²) in [6.45, 7) is 6.05. The van der Waals surface area contributed by atoms with Gasteiger partial charge in [0.05, 0.1) is 4.92 Å². The number of anilines is 1. The van der Waals surface area contributed by atoms with Crippen molar-refractivity contribution in [2.24, 2.45) is 0 Å². The van der Waals surface area contributed by atoms with Crippen LogP contribution in [0.25, 0.3) is 0 Å². The highest BCUT2D eigenvalue weighted by Crippen LogP contribution is 2.31. The van der Waals surface area contributed by atoms with Crippen LogP contribution >= 0.6 is 11.6 Å². The fourth-order valence-corrected chi connectivity index (χ4v) is 2.58. The van der Waals surface area contributed by atoms with E-state index < -0.39 is 4.92 Å². The molecule has 21 heavy (non-hydrogen) atoms. The fourth-order valence-electron chi connectivity index (χ4n) is 2.41. The van der Waals surface area contributed by atoms with E-state index in [9.17, 15) is 10.1 Å². The van der Waals surface area contributed by atoms with Gasteiger partial charge >= 0.3 is 0 Å². The maximum atomic E-state index is 11.1. The van der Waals surface area contributed by atoms with Crippen molar-refractivity contribution >= 4 is 23.0 Å². The quantitative estimate of drug-likeness (QED) is 0.636. The van der Waals surface area contributed by atoms with Crippen LogP contribution in [0, 0.1) is 24.0 Å². The van der Waals surface area contributed by atoms with E-state index in [0.29, 0.717) is 10.7 Å². The third-order valence-corrected chi connectivity index (χ3v) is 3.65. The first-order valence-corrected chi connectivity index (χ1v) is 7.04. The molecule has 0 aliphatic heterocycles. The van der Waals surface area contributed by atoms with Gasteiger partial charge in [-0.2, -0.15) is 0 Å². The van der Waals surface area contributed by atoms with Crippen LogP contribution in [0.4, 0.5) is 11.4 Å². The molecule has 0 bridgehead atoms. The molecule has 0 aliphatic carbocycles. The molecule has 0 aromatic heterocycles. The molecule has 1 unspecified atom stereocenters. The Morgan fingerprint density at radius 1 is 1.19 bits per heavy atom. The number of hydrogen-bond acceptors (Lipinski definition) is 3. The molecule has 2 aromatic carbocycles. The molecule has 2 aromatic rings. The lowest BCUT2D eigenvalue weighted by Gasteiger charge is -2.18. The molecule has 0 spiro atoms. The molecule has 0 saturated heterocycles. The van der Waals surface area contributed by atoms with E-state index >= 15 is 0 Å². The van der Waals surface area contributed by atoms with E-state index in [4.69, 9.17) is 11.6 Å². The van der Waals surface area contributed by atoms with Crippen molar-refractivity contribution in [2.75, 3.05) is 5.32 Å². The summed E-state index contributed by atoms with van der Waals surface area (Å²) in [6.07, 6.45) is 0. The SMILES string of the molecule is Cc1ccc(C(C)Nc2cc(Cl)ccc2[N+](=O)[O-])c(C)c1. The lowest BCUT2D eigenvalue weighted by Crippen LogP contribution is -2.10. The summed E-state index contributed by atoms with van der Waals surface area (Å²) in [5, 5.41) is 14.7. The summed E-state index contributed by atoms with van der Waals surface area (Å²) in [6, 6.07) is 10.6. The van der Waals surface area contributed by atoms with E-state index in [-0.39, 0.29) is 11.7 Å². The average Bonchev–Trinajstić information content (AvgIpc) is 2.37. The molecule has 4 nitrogen and oxygen atoms in total. The monoisotopic (exact) mass is 304 g/mol. The second kappa shape index (κ2) is 6.14. The van der Waals surface area contributed by atoms with Crippen molar-refractivity contribution in [3.05, 3.63) is 68.2 Å². The molecule has 0 saturated carbocycles. The van der Waals surface area contributed by atoms with Crippen molar-refractivity contribution in [3.8, 4) is 0 Å². The third-order valence-electron chi connectivity index (χ3n) is 3.42. The van der Waals surface area contributed by atoms with Gasteiger partial charge in [0, 0.05) is 17.1 Å². The summed E-state index contributed by atoms with van der Waals surface area (Å²) in [5.74, 6) is 0. The summed E-state index contributed by atoms with van der Waals surface area (Å²) in [4.78, 5) is 10.7. The van der Waals surface area contributed by atoms with E-state index in [1.165, 1.54) is 17.7 Å². The number of aryl methyl sites for hydroxylation is 2. The van der Waals surface area contributed by atoms with Gasteiger partial charge in [-0.05, 0) is 44.0 Å². The van der Waals surface area contributed by atoms with Crippen LogP contribution in [0.3, 0.4) is 0 Å². The first kappa shape index (κ1) is 15.3. The zero-order valence-corrected chi connectivity index (χ0v) is 12.9. The van der Waals surface area contributed by atoms with Gasteiger partial charge in [0.25, 0.3) is 5.69 Å². The van der Waals surface area contributed by atoms with Crippen molar-refractivity contribution < 1.29 is 4.92 Å². The first-order chi connectivity index (χ1) is 9.88. The van der Waals surface area contributed by atoms with Gasteiger partial charge in [-0.3, -0.25) is 10.1 Å². The van der Waals surface area contributed by atoms with Gasteiger partial charge in [-0.25, -0.2) is 0 Å². The Balaban J connectivity index is 2.33. The number of nitro benzene ring substituents is 1. The molecule has 0 fully saturated rings. The lowest BCUT2D eigenvalue weighted by atomic mass is 10.00. The van der Waals surface area contributed by atoms with E-state index in [1.54, 1.807) is 6.07 Å². The van der Waals surface area contributed by atoms with Crippen molar-refractivity contribution in [3.63, 3.8) is 0 Å². The molecule has 1 N–H and O–H groups in total. The number of benzene rings is 2. The van der Waals surface area contributed by atoms with E-state index in [2.05, 4.69) is 11.4 Å². The van der Waals surface area contributed by atoms with Crippen molar-refractivity contribution in [1.82, 2.24) is 0 Å². The number of hydrogen-bond donors (Lipinski definition) is 1. The molecule has 0 radical (unpaired) electrons. The average molecular weight is 305 g/mol. The Bertz CT molecular complexity index is 686. The van der Waals surface area contributed by atoms with Crippen molar-refractivity contribution in [1.29, 1.82) is 0 Å². The topological polar surface area (TPSA) is 55.2 Å². The molecule has 2 rings (SSSR count). The van der Waals surface area contributed by atoms with Crippen LogP contribution in [0.1, 0.15) is 29.7 Å². The Kier molecular flexibility index (Phi) is 4.48. The van der Waals surface area contributed by atoms with Gasteiger partial charge in [0.15, 0.2) is 0 Å². The van der Waals surface area contributed by atoms with Crippen LogP contribution < -0.4 is 5.32 Å². The van der Waals surface area contributed by atoms with Crippen molar-refractivity contribution in [2.45, 2.75) is 26.8 Å². The minimum atomic E-state index is -0.409. The number of rotatable bonds is 4. The predicted molar refractivity (Wildman–Crippen MR) is 86.1 cm³/mol. The highest BCUT2D eigenvalue weighted by Gasteiger charge is 2.17. The number of nitro groups is 1. The first-order valence-electron chi connectivity index (χ1n) is 6.66. The molecular formula is C16H17ClN2O2. The predicted octanol–water partition coefficient (Wildman–Crippen LogP) is 5.04. The molecule has 110 valence electrons. The van der Waals surface area contributed by atoms with Crippen LogP contribution in [0.15, 0.2) is 36.4 Å². The third kappa shape index (κ3) is 3.52. The van der Waals surface area contributed by atoms with E-state index in [0.717, 1.165) is 11.1 Å². The summed E-state index contributed by atoms with van der Waals surface area (Å²) in [5.41, 5.74) is 3.91. The minimum Gasteiger partial charge on any atom is -0.373 e. The second-order valence-electron chi connectivity index (χ2n) is 5.14. The minimum absolute atomic E-state index is 0.0241. The molecule has 0 aliphatic rings. The molecule has 5 heteroatoms. The van der Waals surface area contributed by atoms with Crippen LogP contribution in [-0.4, -0.2) is 4.92 Å². The zero-order chi connectivity index (χ0) is 15.6. The molecular weight excluding hydrogens is 288 g/mol. The Morgan fingerprint density at radius 2 is 1.90 bits per heavy atom. The summed E-state index contributed by atoms with van der Waals surface area (Å²) >= 11 is 5.94. The van der Waals surface area contributed by atoms with Crippen LogP contribution in [0.2, 0.25) is 5.02 Å². The lowest BCUT2D eigenvalue weighted by molar-refractivity contribution is -0.384. The zero-order valence-electron chi connectivity index (χ0n) is 12.2.